The maximum atomic E-state index is 5.70. The zero-order valence-corrected chi connectivity index (χ0v) is 11.2. The van der Waals surface area contributed by atoms with Crippen molar-refractivity contribution in [1.82, 2.24) is 5.32 Å². The molecule has 0 amide bonds. The zero-order chi connectivity index (χ0) is 12.0. The first-order valence-electron chi connectivity index (χ1n) is 7.15. The molecule has 0 aromatic heterocycles. The lowest BCUT2D eigenvalue weighted by Crippen LogP contribution is -2.42. The van der Waals surface area contributed by atoms with Crippen molar-refractivity contribution in [2.45, 2.75) is 38.5 Å². The number of methoxy groups -OCH3 is 1. The predicted octanol–water partition coefficient (Wildman–Crippen LogP) is 2.21. The van der Waals surface area contributed by atoms with Gasteiger partial charge in [-0.15, -0.1) is 0 Å². The molecule has 1 heterocycles. The first-order chi connectivity index (χ1) is 8.37. The molecular weight excluding hydrogens is 214 g/mol. The summed E-state index contributed by atoms with van der Waals surface area (Å²) in [5, 5.41) is 3.56. The van der Waals surface area contributed by atoms with Crippen LogP contribution in [0.1, 0.15) is 38.5 Å². The lowest BCUT2D eigenvalue weighted by molar-refractivity contribution is 0.0797. The molecule has 1 aliphatic carbocycles. The first-order valence-corrected chi connectivity index (χ1v) is 7.15. The first kappa shape index (κ1) is 13.3. The van der Waals surface area contributed by atoms with Gasteiger partial charge in [0.25, 0.3) is 0 Å². The molecule has 0 spiro atoms. The van der Waals surface area contributed by atoms with Gasteiger partial charge in [0.2, 0.25) is 0 Å². The highest BCUT2D eigenvalue weighted by Crippen LogP contribution is 2.43. The van der Waals surface area contributed by atoms with Crippen LogP contribution in [0.5, 0.6) is 0 Å². The molecule has 1 aliphatic heterocycles. The molecule has 0 bridgehead atoms. The molecule has 3 heteroatoms. The van der Waals surface area contributed by atoms with Crippen LogP contribution in [0.15, 0.2) is 0 Å². The molecule has 2 aliphatic rings. The Hall–Kier alpha value is -0.120. The molecular formula is C14H27NO2. The molecule has 17 heavy (non-hydrogen) atoms. The van der Waals surface area contributed by atoms with E-state index in [9.17, 15) is 0 Å². The van der Waals surface area contributed by atoms with E-state index in [1.54, 1.807) is 7.11 Å². The zero-order valence-electron chi connectivity index (χ0n) is 11.2. The van der Waals surface area contributed by atoms with E-state index in [0.717, 1.165) is 38.8 Å². The highest BCUT2D eigenvalue weighted by Gasteiger charge is 2.41. The minimum Gasteiger partial charge on any atom is -0.383 e. The number of hydrogen-bond donors (Lipinski definition) is 1. The molecule has 2 fully saturated rings. The average Bonchev–Trinajstić information content (AvgIpc) is 2.86. The Morgan fingerprint density at radius 3 is 2.76 bits per heavy atom. The molecule has 2 rings (SSSR count). The molecule has 3 nitrogen and oxygen atoms in total. The topological polar surface area (TPSA) is 30.5 Å². The van der Waals surface area contributed by atoms with E-state index in [2.05, 4.69) is 5.32 Å². The number of hydrogen-bond acceptors (Lipinski definition) is 3. The Morgan fingerprint density at radius 1 is 1.29 bits per heavy atom. The van der Waals surface area contributed by atoms with E-state index in [-0.39, 0.29) is 0 Å². The van der Waals surface area contributed by atoms with Crippen LogP contribution in [0.2, 0.25) is 0 Å². The lowest BCUT2D eigenvalue weighted by atomic mass is 9.68. The summed E-state index contributed by atoms with van der Waals surface area (Å²) in [5.41, 5.74) is 0.425. The molecule has 1 atom stereocenters. The minimum atomic E-state index is 0.425. The van der Waals surface area contributed by atoms with Gasteiger partial charge in [-0.2, -0.15) is 0 Å². The molecule has 0 aromatic rings. The third-order valence-electron chi connectivity index (χ3n) is 4.57. The van der Waals surface area contributed by atoms with Crippen LogP contribution in [0.4, 0.5) is 0 Å². The van der Waals surface area contributed by atoms with Crippen molar-refractivity contribution in [2.24, 2.45) is 11.3 Å². The monoisotopic (exact) mass is 241 g/mol. The highest BCUT2D eigenvalue weighted by molar-refractivity contribution is 4.92. The van der Waals surface area contributed by atoms with Gasteiger partial charge in [0, 0.05) is 32.2 Å². The van der Waals surface area contributed by atoms with Gasteiger partial charge in [0.05, 0.1) is 13.2 Å². The maximum Gasteiger partial charge on any atom is 0.0587 e. The van der Waals surface area contributed by atoms with Gasteiger partial charge in [-0.25, -0.2) is 0 Å². The van der Waals surface area contributed by atoms with E-state index in [1.165, 1.54) is 38.5 Å². The van der Waals surface area contributed by atoms with Gasteiger partial charge >= 0.3 is 0 Å². The summed E-state index contributed by atoms with van der Waals surface area (Å²) in [5.74, 6) is 0.883. The Labute approximate surface area is 105 Å². The standard InChI is InChI=1S/C14H27NO2/c1-16-10-8-15-11-14(7-9-17-12-14)13-5-3-2-4-6-13/h13,15H,2-12H2,1H3. The summed E-state index contributed by atoms with van der Waals surface area (Å²) in [4.78, 5) is 0. The fourth-order valence-corrected chi connectivity index (χ4v) is 3.46. The molecule has 0 aromatic carbocycles. The Bertz CT molecular complexity index is 208. The predicted molar refractivity (Wildman–Crippen MR) is 69.2 cm³/mol. The number of rotatable bonds is 6. The minimum absolute atomic E-state index is 0.425. The molecule has 1 saturated heterocycles. The Balaban J connectivity index is 1.84. The van der Waals surface area contributed by atoms with E-state index < -0.39 is 0 Å². The van der Waals surface area contributed by atoms with Gasteiger partial charge < -0.3 is 14.8 Å². The van der Waals surface area contributed by atoms with E-state index in [1.807, 2.05) is 0 Å². The largest absolute Gasteiger partial charge is 0.383 e. The van der Waals surface area contributed by atoms with Gasteiger partial charge in [0.1, 0.15) is 0 Å². The quantitative estimate of drug-likeness (QED) is 0.723. The molecule has 100 valence electrons. The van der Waals surface area contributed by atoms with Crippen LogP contribution < -0.4 is 5.32 Å². The van der Waals surface area contributed by atoms with E-state index in [4.69, 9.17) is 9.47 Å². The van der Waals surface area contributed by atoms with Gasteiger partial charge in [-0.05, 0) is 25.2 Å². The second kappa shape index (κ2) is 6.72. The summed E-state index contributed by atoms with van der Waals surface area (Å²) in [6.07, 6.45) is 8.35. The highest BCUT2D eigenvalue weighted by atomic mass is 16.5. The third-order valence-corrected chi connectivity index (χ3v) is 4.57. The summed E-state index contributed by atoms with van der Waals surface area (Å²) < 4.78 is 10.8. The van der Waals surface area contributed by atoms with Crippen molar-refractivity contribution < 1.29 is 9.47 Å². The van der Waals surface area contributed by atoms with Crippen molar-refractivity contribution in [3.63, 3.8) is 0 Å². The van der Waals surface area contributed by atoms with Gasteiger partial charge in [0.15, 0.2) is 0 Å². The summed E-state index contributed by atoms with van der Waals surface area (Å²) in [6, 6.07) is 0. The van der Waals surface area contributed by atoms with Crippen LogP contribution >= 0.6 is 0 Å². The second-order valence-electron chi connectivity index (χ2n) is 5.67. The normalized spacial score (nSPS) is 30.9. The molecule has 1 saturated carbocycles. The summed E-state index contributed by atoms with van der Waals surface area (Å²) in [7, 11) is 1.76. The van der Waals surface area contributed by atoms with Crippen LogP contribution in [0.25, 0.3) is 0 Å². The van der Waals surface area contributed by atoms with Crippen molar-refractivity contribution in [1.29, 1.82) is 0 Å². The van der Waals surface area contributed by atoms with Crippen LogP contribution in [0.3, 0.4) is 0 Å². The summed E-state index contributed by atoms with van der Waals surface area (Å²) in [6.45, 7) is 4.81. The SMILES string of the molecule is COCCNCC1(C2CCCCC2)CCOC1. The lowest BCUT2D eigenvalue weighted by Gasteiger charge is -2.39. The van der Waals surface area contributed by atoms with Crippen molar-refractivity contribution in [3.8, 4) is 0 Å². The van der Waals surface area contributed by atoms with Crippen LogP contribution in [-0.4, -0.2) is 40.0 Å². The molecule has 0 radical (unpaired) electrons. The second-order valence-corrected chi connectivity index (χ2v) is 5.67. The van der Waals surface area contributed by atoms with E-state index in [0.29, 0.717) is 5.41 Å². The van der Waals surface area contributed by atoms with Crippen molar-refractivity contribution >= 4 is 0 Å². The van der Waals surface area contributed by atoms with Crippen LogP contribution in [-0.2, 0) is 9.47 Å². The van der Waals surface area contributed by atoms with Crippen LogP contribution in [0, 0.1) is 11.3 Å². The Morgan fingerprint density at radius 2 is 2.12 bits per heavy atom. The number of ether oxygens (including phenoxy) is 2. The van der Waals surface area contributed by atoms with Crippen molar-refractivity contribution in [3.05, 3.63) is 0 Å². The maximum absolute atomic E-state index is 5.70. The van der Waals surface area contributed by atoms with Crippen molar-refractivity contribution in [2.75, 3.05) is 40.0 Å². The van der Waals surface area contributed by atoms with Gasteiger partial charge in [-0.1, -0.05) is 19.3 Å². The fourth-order valence-electron chi connectivity index (χ4n) is 3.46. The van der Waals surface area contributed by atoms with E-state index >= 15 is 0 Å². The fraction of sp³-hybridized carbons (Fsp3) is 1.00. The molecule has 1 unspecified atom stereocenters. The number of nitrogens with one attached hydrogen (secondary N) is 1. The Kier molecular flexibility index (Phi) is 5.26. The average molecular weight is 241 g/mol. The molecule has 1 N–H and O–H groups in total. The van der Waals surface area contributed by atoms with Gasteiger partial charge in [-0.3, -0.25) is 0 Å². The smallest absolute Gasteiger partial charge is 0.0587 e. The summed E-state index contributed by atoms with van der Waals surface area (Å²) >= 11 is 0. The third kappa shape index (κ3) is 3.43.